The molecule has 1 heterocycles. The molecule has 20 heavy (non-hydrogen) atoms. The zero-order valence-corrected chi connectivity index (χ0v) is 11.1. The number of nitrogens with zero attached hydrogens (tertiary/aromatic N) is 1. The molecule has 1 aliphatic heterocycles. The van der Waals surface area contributed by atoms with Crippen molar-refractivity contribution in [2.24, 2.45) is 0 Å². The van der Waals surface area contributed by atoms with Crippen LogP contribution in [-0.2, 0) is 16.1 Å². The normalized spacial score (nSPS) is 14.8. The van der Waals surface area contributed by atoms with Gasteiger partial charge in [0.25, 0.3) is 5.91 Å². The van der Waals surface area contributed by atoms with Gasteiger partial charge in [0.15, 0.2) is 0 Å². The van der Waals surface area contributed by atoms with E-state index in [-0.39, 0.29) is 37.0 Å². The van der Waals surface area contributed by atoms with Crippen LogP contribution in [0.15, 0.2) is 18.2 Å². The van der Waals surface area contributed by atoms with Crippen LogP contribution in [0.2, 0.25) is 0 Å². The van der Waals surface area contributed by atoms with Gasteiger partial charge in [0.05, 0.1) is 6.04 Å². The Bertz CT molecular complexity index is 556. The minimum Gasteiger partial charge on any atom is -0.508 e. The summed E-state index contributed by atoms with van der Waals surface area (Å²) in [5.74, 6) is -0.320. The first-order chi connectivity index (χ1) is 9.56. The zero-order chi connectivity index (χ0) is 14.7. The highest BCUT2D eigenvalue weighted by Crippen LogP contribution is 2.28. The van der Waals surface area contributed by atoms with Gasteiger partial charge >= 0.3 is 0 Å². The van der Waals surface area contributed by atoms with Crippen molar-refractivity contribution in [2.75, 3.05) is 7.05 Å². The Morgan fingerprint density at radius 1 is 1.55 bits per heavy atom. The van der Waals surface area contributed by atoms with E-state index in [0.717, 1.165) is 0 Å². The van der Waals surface area contributed by atoms with Crippen LogP contribution in [0.1, 0.15) is 28.8 Å². The van der Waals surface area contributed by atoms with E-state index in [9.17, 15) is 19.5 Å². The number of carbonyl (C=O) groups is 3. The van der Waals surface area contributed by atoms with Crippen LogP contribution < -0.4 is 5.32 Å². The van der Waals surface area contributed by atoms with Crippen molar-refractivity contribution in [3.63, 3.8) is 0 Å². The summed E-state index contributed by atoms with van der Waals surface area (Å²) in [7, 11) is 1.53. The maximum absolute atomic E-state index is 12.2. The van der Waals surface area contributed by atoms with Gasteiger partial charge in [0.2, 0.25) is 5.91 Å². The molecule has 0 spiro atoms. The number of benzene rings is 1. The van der Waals surface area contributed by atoms with Crippen LogP contribution in [0.5, 0.6) is 5.75 Å². The molecular formula is C14H16N2O4. The van der Waals surface area contributed by atoms with Gasteiger partial charge in [-0.25, -0.2) is 0 Å². The molecule has 1 unspecified atom stereocenters. The number of aromatic hydroxyl groups is 1. The summed E-state index contributed by atoms with van der Waals surface area (Å²) in [6.07, 6.45) is 1.16. The van der Waals surface area contributed by atoms with E-state index in [4.69, 9.17) is 0 Å². The number of fused-ring (bicyclic) bond motifs is 1. The highest BCUT2D eigenvalue weighted by Gasteiger charge is 2.32. The molecule has 0 fully saturated rings. The predicted octanol–water partition coefficient (Wildman–Crippen LogP) is 0.442. The Labute approximate surface area is 116 Å². The Balaban J connectivity index is 2.12. The van der Waals surface area contributed by atoms with Crippen LogP contribution in [0.4, 0.5) is 0 Å². The standard InChI is InChI=1S/C14H16N2O4/c1-15-13(19)5-2-10(8-17)16-7-9-6-11(18)3-4-12(9)14(16)20/h3-4,6,8,10,18H,2,5,7H2,1H3,(H,15,19). The van der Waals surface area contributed by atoms with Crippen molar-refractivity contribution in [3.8, 4) is 5.75 Å². The molecule has 1 aromatic carbocycles. The second-order valence-electron chi connectivity index (χ2n) is 4.69. The largest absolute Gasteiger partial charge is 0.508 e. The highest BCUT2D eigenvalue weighted by molar-refractivity contribution is 5.99. The Morgan fingerprint density at radius 2 is 2.30 bits per heavy atom. The lowest BCUT2D eigenvalue weighted by atomic mass is 10.1. The molecule has 0 saturated carbocycles. The molecule has 0 aromatic heterocycles. The molecule has 0 bridgehead atoms. The van der Waals surface area contributed by atoms with Gasteiger partial charge in [-0.2, -0.15) is 0 Å². The first-order valence-electron chi connectivity index (χ1n) is 6.35. The van der Waals surface area contributed by atoms with Gasteiger partial charge in [-0.15, -0.1) is 0 Å². The SMILES string of the molecule is CNC(=O)CCC(C=O)N1Cc2cc(O)ccc2C1=O. The number of hydrogen-bond acceptors (Lipinski definition) is 4. The van der Waals surface area contributed by atoms with Crippen LogP contribution in [0.3, 0.4) is 0 Å². The second kappa shape index (κ2) is 5.73. The molecule has 0 saturated heterocycles. The molecule has 0 aliphatic carbocycles. The second-order valence-corrected chi connectivity index (χ2v) is 4.69. The summed E-state index contributed by atoms with van der Waals surface area (Å²) >= 11 is 0. The minimum atomic E-state index is -0.630. The number of phenols is 1. The molecule has 2 rings (SSSR count). The monoisotopic (exact) mass is 276 g/mol. The zero-order valence-electron chi connectivity index (χ0n) is 11.1. The van der Waals surface area contributed by atoms with Crippen molar-refractivity contribution in [1.82, 2.24) is 10.2 Å². The molecular weight excluding hydrogens is 260 g/mol. The van der Waals surface area contributed by atoms with Gasteiger partial charge in [-0.05, 0) is 30.2 Å². The fourth-order valence-electron chi connectivity index (χ4n) is 2.30. The van der Waals surface area contributed by atoms with Crippen LogP contribution in [-0.4, -0.2) is 41.2 Å². The number of aldehydes is 1. The first-order valence-corrected chi connectivity index (χ1v) is 6.35. The number of hydrogen-bond donors (Lipinski definition) is 2. The highest BCUT2D eigenvalue weighted by atomic mass is 16.3. The third kappa shape index (κ3) is 2.64. The molecule has 2 N–H and O–H groups in total. The van der Waals surface area contributed by atoms with Crippen LogP contribution >= 0.6 is 0 Å². The van der Waals surface area contributed by atoms with Gasteiger partial charge in [-0.3, -0.25) is 9.59 Å². The van der Waals surface area contributed by atoms with E-state index in [2.05, 4.69) is 5.32 Å². The average Bonchev–Trinajstić information content (AvgIpc) is 2.76. The summed E-state index contributed by atoms with van der Waals surface area (Å²) in [6, 6.07) is 3.89. The molecule has 1 aromatic rings. The Hall–Kier alpha value is -2.37. The van der Waals surface area contributed by atoms with E-state index in [1.54, 1.807) is 6.07 Å². The fraction of sp³-hybridized carbons (Fsp3) is 0.357. The molecule has 1 aliphatic rings. The molecule has 1 atom stereocenters. The van der Waals surface area contributed by atoms with Gasteiger partial charge in [-0.1, -0.05) is 0 Å². The first kappa shape index (κ1) is 14.0. The van der Waals surface area contributed by atoms with Crippen molar-refractivity contribution >= 4 is 18.1 Å². The minimum absolute atomic E-state index is 0.0893. The van der Waals surface area contributed by atoms with Gasteiger partial charge in [0.1, 0.15) is 12.0 Å². The summed E-state index contributed by atoms with van der Waals surface area (Å²) in [5.41, 5.74) is 1.19. The lowest BCUT2D eigenvalue weighted by Gasteiger charge is -2.22. The summed E-state index contributed by atoms with van der Waals surface area (Å²) in [6.45, 7) is 0.277. The quantitative estimate of drug-likeness (QED) is 0.764. The topological polar surface area (TPSA) is 86.7 Å². The summed E-state index contributed by atoms with van der Waals surface area (Å²) in [4.78, 5) is 36.0. The van der Waals surface area contributed by atoms with E-state index in [1.165, 1.54) is 24.1 Å². The lowest BCUT2D eigenvalue weighted by Crippen LogP contribution is -2.37. The molecule has 6 heteroatoms. The van der Waals surface area contributed by atoms with Crippen LogP contribution in [0, 0.1) is 0 Å². The van der Waals surface area contributed by atoms with Crippen molar-refractivity contribution in [1.29, 1.82) is 0 Å². The Kier molecular flexibility index (Phi) is 4.02. The maximum Gasteiger partial charge on any atom is 0.255 e. The molecule has 0 radical (unpaired) electrons. The van der Waals surface area contributed by atoms with Crippen molar-refractivity contribution in [3.05, 3.63) is 29.3 Å². The van der Waals surface area contributed by atoms with Crippen molar-refractivity contribution in [2.45, 2.75) is 25.4 Å². The van der Waals surface area contributed by atoms with Crippen molar-refractivity contribution < 1.29 is 19.5 Å². The number of phenolic OH excluding ortho intramolecular Hbond substituents is 1. The molecule has 2 amide bonds. The fourth-order valence-corrected chi connectivity index (χ4v) is 2.30. The Morgan fingerprint density at radius 3 is 2.95 bits per heavy atom. The predicted molar refractivity (Wildman–Crippen MR) is 71.1 cm³/mol. The number of carbonyl (C=O) groups excluding carboxylic acids is 3. The molecule has 6 nitrogen and oxygen atoms in total. The smallest absolute Gasteiger partial charge is 0.255 e. The van der Waals surface area contributed by atoms with E-state index >= 15 is 0 Å². The lowest BCUT2D eigenvalue weighted by molar-refractivity contribution is -0.121. The number of nitrogens with one attached hydrogen (secondary N) is 1. The van der Waals surface area contributed by atoms with E-state index in [0.29, 0.717) is 17.4 Å². The summed E-state index contributed by atoms with van der Waals surface area (Å²) in [5, 5.41) is 11.9. The van der Waals surface area contributed by atoms with E-state index in [1.807, 2.05) is 0 Å². The number of amides is 2. The third-order valence-electron chi connectivity index (χ3n) is 3.42. The third-order valence-corrected chi connectivity index (χ3v) is 3.42. The van der Waals surface area contributed by atoms with Gasteiger partial charge in [0, 0.05) is 25.6 Å². The van der Waals surface area contributed by atoms with E-state index < -0.39 is 6.04 Å². The van der Waals surface area contributed by atoms with Crippen LogP contribution in [0.25, 0.3) is 0 Å². The number of rotatable bonds is 5. The average molecular weight is 276 g/mol. The molecule has 106 valence electrons. The van der Waals surface area contributed by atoms with Gasteiger partial charge < -0.3 is 20.1 Å². The summed E-state index contributed by atoms with van der Waals surface area (Å²) < 4.78 is 0. The maximum atomic E-state index is 12.2.